The second-order valence-electron chi connectivity index (χ2n) is 7.02. The number of anilines is 1. The maximum absolute atomic E-state index is 12.0. The zero-order chi connectivity index (χ0) is 26.0. The number of hydrogen-bond donors (Lipinski definition) is 2. The molecule has 2 aromatic heterocycles. The van der Waals surface area contributed by atoms with Gasteiger partial charge in [0.2, 0.25) is 0 Å². The van der Waals surface area contributed by atoms with E-state index >= 15 is 0 Å². The van der Waals surface area contributed by atoms with Crippen molar-refractivity contribution in [3.8, 4) is 10.6 Å². The van der Waals surface area contributed by atoms with Crippen LogP contribution in [0.3, 0.4) is 0 Å². The van der Waals surface area contributed by atoms with E-state index in [0.29, 0.717) is 11.8 Å². The Morgan fingerprint density at radius 1 is 1.17 bits per heavy atom. The second kappa shape index (κ2) is 13.8. The number of rotatable bonds is 10. The van der Waals surface area contributed by atoms with Crippen LogP contribution in [-0.2, 0) is 35.2 Å². The number of hydrogen-bond acceptors (Lipinski definition) is 9. The first-order chi connectivity index (χ1) is 16.7. The molecule has 0 bridgehead atoms. The third kappa shape index (κ3) is 8.46. The molecule has 3 aromatic rings. The molecule has 1 atom stereocenters. The van der Waals surface area contributed by atoms with Crippen molar-refractivity contribution in [3.05, 3.63) is 45.9 Å². The molecule has 1 unspecified atom stereocenters. The number of nitrogens with one attached hydrogen (secondary N) is 1. The van der Waals surface area contributed by atoms with Gasteiger partial charge in [-0.2, -0.15) is 13.2 Å². The van der Waals surface area contributed by atoms with Crippen LogP contribution in [0.4, 0.5) is 18.3 Å². The fraction of sp³-hybridized carbons (Fsp3) is 0.409. The number of alkyl halides is 3. The highest BCUT2D eigenvalue weighted by molar-refractivity contribution is 7.86. The van der Waals surface area contributed by atoms with Gasteiger partial charge in [0.15, 0.2) is 15.9 Å². The van der Waals surface area contributed by atoms with Crippen molar-refractivity contribution in [1.29, 1.82) is 0 Å². The van der Waals surface area contributed by atoms with E-state index in [1.165, 1.54) is 23.5 Å². The van der Waals surface area contributed by atoms with E-state index in [4.69, 9.17) is 0 Å². The van der Waals surface area contributed by atoms with Crippen LogP contribution in [0.5, 0.6) is 0 Å². The van der Waals surface area contributed by atoms with Gasteiger partial charge in [-0.15, -0.1) is 22.7 Å². The minimum absolute atomic E-state index is 0.0149. The van der Waals surface area contributed by atoms with E-state index in [1.807, 2.05) is 12.4 Å². The lowest BCUT2D eigenvalue weighted by molar-refractivity contribution is -0.107. The predicted molar refractivity (Wildman–Crippen MR) is 134 cm³/mol. The van der Waals surface area contributed by atoms with Crippen molar-refractivity contribution in [2.45, 2.75) is 43.8 Å². The molecule has 1 aromatic carbocycles. The zero-order valence-electron chi connectivity index (χ0n) is 19.5. The predicted octanol–water partition coefficient (Wildman–Crippen LogP) is 4.70. The molecule has 0 fully saturated rings. The van der Waals surface area contributed by atoms with Gasteiger partial charge >= 0.3 is 5.51 Å². The van der Waals surface area contributed by atoms with Crippen LogP contribution in [0.2, 0.25) is 0 Å². The summed E-state index contributed by atoms with van der Waals surface area (Å²) < 4.78 is 46.9. The largest absolute Gasteiger partial charge is 0.475 e. The lowest BCUT2D eigenvalue weighted by Gasteiger charge is -2.16. The molecule has 13 heteroatoms. The number of aliphatic hydroxyl groups is 1. The number of benzene rings is 1. The number of nitrogens with zero attached hydrogens (tertiary/aromatic N) is 3. The summed E-state index contributed by atoms with van der Waals surface area (Å²) >= 11 is 3.11. The van der Waals surface area contributed by atoms with E-state index in [2.05, 4.69) is 34.0 Å². The van der Waals surface area contributed by atoms with E-state index in [9.17, 15) is 27.3 Å². The van der Waals surface area contributed by atoms with Gasteiger partial charge in [-0.25, -0.2) is 14.2 Å². The molecule has 0 amide bonds. The number of carbonyl (C=O) groups excluding carboxylic acids is 1. The normalized spacial score (nSPS) is 12.2. The topological polar surface area (TPSA) is 95.4 Å². The molecule has 0 saturated carbocycles. The minimum atomic E-state index is -4.74. The van der Waals surface area contributed by atoms with Gasteiger partial charge in [0.05, 0.1) is 22.9 Å². The highest BCUT2D eigenvalue weighted by atomic mass is 32.2. The van der Waals surface area contributed by atoms with Gasteiger partial charge in [0, 0.05) is 30.3 Å². The summed E-state index contributed by atoms with van der Waals surface area (Å²) in [4.78, 5) is 22.3. The Labute approximate surface area is 212 Å². The minimum Gasteiger partial charge on any atom is -0.389 e. The van der Waals surface area contributed by atoms with E-state index < -0.39 is 16.3 Å². The zero-order valence-corrected chi connectivity index (χ0v) is 21.9. The molecule has 0 spiro atoms. The van der Waals surface area contributed by atoms with Crippen LogP contribution >= 0.6 is 22.7 Å². The van der Waals surface area contributed by atoms with Crippen LogP contribution < -0.4 is 5.32 Å². The Balaban J connectivity index is 0.000000258. The van der Waals surface area contributed by atoms with Crippen molar-refractivity contribution < 1.29 is 27.3 Å². The fourth-order valence-corrected chi connectivity index (χ4v) is 5.19. The smallest absolute Gasteiger partial charge is 0.389 e. The third-order valence-electron chi connectivity index (χ3n) is 4.76. The Kier molecular flexibility index (Phi) is 11.4. The van der Waals surface area contributed by atoms with Crippen LogP contribution in [-0.4, -0.2) is 56.1 Å². The van der Waals surface area contributed by atoms with Gasteiger partial charge in [-0.1, -0.05) is 26.0 Å². The average molecular weight is 549 g/mol. The molecule has 2 N–H and O–H groups in total. The maximum atomic E-state index is 12.0. The summed E-state index contributed by atoms with van der Waals surface area (Å²) in [5, 5.41) is 16.1. The second-order valence-corrected chi connectivity index (χ2v) is 10.4. The van der Waals surface area contributed by atoms with Gasteiger partial charge in [0.1, 0.15) is 11.3 Å². The molecule has 0 saturated heterocycles. The number of thiazole rings is 2. The number of carbonyl (C=O) groups is 1. The van der Waals surface area contributed by atoms with Crippen LogP contribution in [0, 0.1) is 0 Å². The molecule has 3 rings (SSSR count). The van der Waals surface area contributed by atoms with Gasteiger partial charge in [-0.05, 0) is 30.8 Å². The summed E-state index contributed by atoms with van der Waals surface area (Å²) in [5.41, 5.74) is -2.20. The summed E-state index contributed by atoms with van der Waals surface area (Å²) in [7, 11) is -1.13. The SMILES string of the molecule is CCN(CC)Cc1nc(CO)sc1-c1csc(NC)n1.O=CCc1ccc(S(=O)C(F)(F)F)cc1. The van der Waals surface area contributed by atoms with E-state index in [0.717, 1.165) is 58.2 Å². The van der Waals surface area contributed by atoms with E-state index in [-0.39, 0.29) is 17.9 Å². The van der Waals surface area contributed by atoms with Crippen LogP contribution in [0.15, 0.2) is 34.5 Å². The Bertz CT molecular complexity index is 1100. The third-order valence-corrected chi connectivity index (χ3v) is 7.85. The first-order valence-electron chi connectivity index (χ1n) is 10.6. The van der Waals surface area contributed by atoms with Gasteiger partial charge in [0.25, 0.3) is 0 Å². The molecule has 35 heavy (non-hydrogen) atoms. The Morgan fingerprint density at radius 2 is 1.83 bits per heavy atom. The number of aliphatic hydroxyl groups excluding tert-OH is 1. The van der Waals surface area contributed by atoms with Gasteiger partial charge < -0.3 is 15.2 Å². The molecule has 7 nitrogen and oxygen atoms in total. The van der Waals surface area contributed by atoms with Crippen molar-refractivity contribution in [2.24, 2.45) is 0 Å². The standard InChI is InChI=1S/C13H20N4OS2.C9H7F3O2S/c1-4-17(5-2)6-9-12(20-11(7-18)15-9)10-8-19-13(14-3)16-10;10-9(11,12)15(14)8-3-1-7(2-4-8)5-6-13/h8,18H,4-7H2,1-3H3,(H,14,16);1-4,6H,5H2. The molecule has 192 valence electrons. The molecule has 0 aliphatic carbocycles. The number of aldehydes is 1. The average Bonchev–Trinajstić information content (AvgIpc) is 3.49. The molecular formula is C22H27F3N4O3S3. The first kappa shape index (κ1) is 29.0. The lowest BCUT2D eigenvalue weighted by atomic mass is 10.2. The monoisotopic (exact) mass is 548 g/mol. The summed E-state index contributed by atoms with van der Waals surface area (Å²) in [5.74, 6) is 0. The van der Waals surface area contributed by atoms with Crippen molar-refractivity contribution >= 4 is 44.9 Å². The Hall–Kier alpha value is -2.19. The summed E-state index contributed by atoms with van der Waals surface area (Å²) in [6.45, 7) is 7.04. The van der Waals surface area contributed by atoms with Crippen molar-refractivity contribution in [1.82, 2.24) is 14.9 Å². The maximum Gasteiger partial charge on any atom is 0.475 e. The summed E-state index contributed by atoms with van der Waals surface area (Å²) in [6, 6.07) is 4.94. The number of halogens is 3. The first-order valence-corrected chi connectivity index (χ1v) is 13.5. The molecule has 0 radical (unpaired) electrons. The van der Waals surface area contributed by atoms with E-state index in [1.54, 1.807) is 11.3 Å². The fourth-order valence-electron chi connectivity index (χ4n) is 2.91. The lowest BCUT2D eigenvalue weighted by Crippen LogP contribution is -2.22. The summed E-state index contributed by atoms with van der Waals surface area (Å²) in [6.07, 6.45) is 0.786. The van der Waals surface area contributed by atoms with Crippen molar-refractivity contribution in [2.75, 3.05) is 25.5 Å². The van der Waals surface area contributed by atoms with Gasteiger partial charge in [-0.3, -0.25) is 4.90 Å². The Morgan fingerprint density at radius 3 is 2.31 bits per heavy atom. The molecule has 0 aliphatic rings. The molecule has 2 heterocycles. The quantitative estimate of drug-likeness (QED) is 0.355. The van der Waals surface area contributed by atoms with Crippen molar-refractivity contribution in [3.63, 3.8) is 0 Å². The van der Waals surface area contributed by atoms with Crippen LogP contribution in [0.25, 0.3) is 10.6 Å². The molecule has 0 aliphatic heterocycles. The van der Waals surface area contributed by atoms with Crippen LogP contribution in [0.1, 0.15) is 30.1 Å². The number of aromatic nitrogens is 2. The highest BCUT2D eigenvalue weighted by Gasteiger charge is 2.37. The highest BCUT2D eigenvalue weighted by Crippen LogP contribution is 2.33. The molecular weight excluding hydrogens is 521 g/mol.